The Hall–Kier alpha value is -1.09. The lowest BCUT2D eigenvalue weighted by Gasteiger charge is -2.20. The molecule has 1 heterocycles. The van der Waals surface area contributed by atoms with Gasteiger partial charge in [0.15, 0.2) is 0 Å². The van der Waals surface area contributed by atoms with E-state index >= 15 is 0 Å². The summed E-state index contributed by atoms with van der Waals surface area (Å²) in [5.41, 5.74) is 2.20. The highest BCUT2D eigenvalue weighted by Gasteiger charge is 2.10. The quantitative estimate of drug-likeness (QED) is 0.798. The molecule has 0 fully saturated rings. The van der Waals surface area contributed by atoms with Crippen molar-refractivity contribution in [3.05, 3.63) is 24.0 Å². The molecular formula is C11H18N2O. The van der Waals surface area contributed by atoms with Gasteiger partial charge in [0.25, 0.3) is 0 Å². The molecule has 0 aliphatic carbocycles. The summed E-state index contributed by atoms with van der Waals surface area (Å²) < 4.78 is 5.23. The first kappa shape index (κ1) is 11.0. The lowest BCUT2D eigenvalue weighted by Crippen LogP contribution is -2.29. The Bertz CT molecular complexity index is 288. The third kappa shape index (κ3) is 3.00. The Kier molecular flexibility index (Phi) is 3.89. The molecule has 0 bridgehead atoms. The average Bonchev–Trinajstić information content (AvgIpc) is 2.16. The highest BCUT2D eigenvalue weighted by atomic mass is 16.5. The van der Waals surface area contributed by atoms with Gasteiger partial charge in [-0.05, 0) is 32.4 Å². The molecule has 3 heteroatoms. The number of aromatic nitrogens is 1. The van der Waals surface area contributed by atoms with E-state index in [9.17, 15) is 0 Å². The van der Waals surface area contributed by atoms with Crippen LogP contribution in [0.5, 0.6) is 0 Å². The average molecular weight is 194 g/mol. The van der Waals surface area contributed by atoms with Crippen LogP contribution in [0.4, 0.5) is 5.69 Å². The van der Waals surface area contributed by atoms with E-state index in [0.717, 1.165) is 11.3 Å². The number of ether oxygens (including phenoxy) is 1. The van der Waals surface area contributed by atoms with Gasteiger partial charge in [-0.1, -0.05) is 0 Å². The van der Waals surface area contributed by atoms with E-state index in [-0.39, 0.29) is 12.1 Å². The monoisotopic (exact) mass is 194 g/mol. The minimum Gasteiger partial charge on any atom is -0.380 e. The molecule has 0 saturated heterocycles. The number of pyridine rings is 1. The molecule has 0 aliphatic heterocycles. The maximum Gasteiger partial charge on any atom is 0.0741 e. The molecule has 1 N–H and O–H groups in total. The number of rotatable bonds is 4. The molecule has 2 atom stereocenters. The molecule has 78 valence electrons. The predicted octanol–water partition coefficient (Wildman–Crippen LogP) is 2.23. The van der Waals surface area contributed by atoms with Gasteiger partial charge in [0.05, 0.1) is 11.8 Å². The third-order valence-corrected chi connectivity index (χ3v) is 2.35. The van der Waals surface area contributed by atoms with Crippen molar-refractivity contribution in [2.75, 3.05) is 12.4 Å². The van der Waals surface area contributed by atoms with Gasteiger partial charge in [0, 0.05) is 25.5 Å². The normalized spacial score (nSPS) is 14.9. The summed E-state index contributed by atoms with van der Waals surface area (Å²) in [5, 5.41) is 3.35. The van der Waals surface area contributed by atoms with Gasteiger partial charge in [0.1, 0.15) is 0 Å². The van der Waals surface area contributed by atoms with Crippen molar-refractivity contribution in [1.29, 1.82) is 0 Å². The van der Waals surface area contributed by atoms with Crippen LogP contribution in [-0.2, 0) is 4.74 Å². The van der Waals surface area contributed by atoms with E-state index < -0.39 is 0 Å². The zero-order chi connectivity index (χ0) is 10.6. The summed E-state index contributed by atoms with van der Waals surface area (Å²) in [5.74, 6) is 0. The molecule has 0 amide bonds. The van der Waals surface area contributed by atoms with Gasteiger partial charge in [0.2, 0.25) is 0 Å². The molecule has 1 rings (SSSR count). The van der Waals surface area contributed by atoms with Crippen LogP contribution in [-0.4, -0.2) is 24.2 Å². The van der Waals surface area contributed by atoms with Gasteiger partial charge in [-0.3, -0.25) is 4.98 Å². The first-order valence-electron chi connectivity index (χ1n) is 4.84. The second-order valence-corrected chi connectivity index (χ2v) is 3.62. The van der Waals surface area contributed by atoms with E-state index in [1.54, 1.807) is 7.11 Å². The van der Waals surface area contributed by atoms with Crippen molar-refractivity contribution < 1.29 is 4.74 Å². The second-order valence-electron chi connectivity index (χ2n) is 3.62. The van der Waals surface area contributed by atoms with Crippen LogP contribution in [0, 0.1) is 6.92 Å². The van der Waals surface area contributed by atoms with Gasteiger partial charge in [-0.2, -0.15) is 0 Å². The molecule has 2 unspecified atom stereocenters. The highest BCUT2D eigenvalue weighted by Crippen LogP contribution is 2.10. The summed E-state index contributed by atoms with van der Waals surface area (Å²) in [6.45, 7) is 6.17. The first-order chi connectivity index (χ1) is 6.63. The SMILES string of the molecule is COC(C)C(C)Nc1cncc(C)c1. The molecule has 0 saturated carbocycles. The molecule has 1 aromatic heterocycles. The van der Waals surface area contributed by atoms with Crippen molar-refractivity contribution in [2.45, 2.75) is 32.9 Å². The number of nitrogens with zero attached hydrogens (tertiary/aromatic N) is 1. The summed E-state index contributed by atoms with van der Waals surface area (Å²) in [6.07, 6.45) is 3.86. The number of hydrogen-bond acceptors (Lipinski definition) is 3. The number of aryl methyl sites for hydroxylation is 1. The third-order valence-electron chi connectivity index (χ3n) is 2.35. The van der Waals surface area contributed by atoms with Gasteiger partial charge in [-0.25, -0.2) is 0 Å². The lowest BCUT2D eigenvalue weighted by molar-refractivity contribution is 0.106. The molecule has 0 radical (unpaired) electrons. The van der Waals surface area contributed by atoms with E-state index in [0.29, 0.717) is 0 Å². The van der Waals surface area contributed by atoms with Crippen molar-refractivity contribution in [3.63, 3.8) is 0 Å². The van der Waals surface area contributed by atoms with Gasteiger partial charge < -0.3 is 10.1 Å². The topological polar surface area (TPSA) is 34.1 Å². The first-order valence-corrected chi connectivity index (χ1v) is 4.84. The Labute approximate surface area is 85.5 Å². The largest absolute Gasteiger partial charge is 0.380 e. The molecule has 0 aliphatic rings. The smallest absolute Gasteiger partial charge is 0.0741 e. The fourth-order valence-corrected chi connectivity index (χ4v) is 1.22. The minimum absolute atomic E-state index is 0.190. The van der Waals surface area contributed by atoms with Crippen LogP contribution < -0.4 is 5.32 Å². The zero-order valence-corrected chi connectivity index (χ0v) is 9.24. The maximum atomic E-state index is 5.23. The Morgan fingerprint density at radius 2 is 2.07 bits per heavy atom. The Morgan fingerprint density at radius 3 is 2.64 bits per heavy atom. The number of methoxy groups -OCH3 is 1. The van der Waals surface area contributed by atoms with Gasteiger partial charge >= 0.3 is 0 Å². The van der Waals surface area contributed by atoms with Crippen LogP contribution in [0.2, 0.25) is 0 Å². The van der Waals surface area contributed by atoms with Crippen LogP contribution in [0.15, 0.2) is 18.5 Å². The predicted molar refractivity (Wildman–Crippen MR) is 58.5 cm³/mol. The molecule has 0 aromatic carbocycles. The number of anilines is 1. The minimum atomic E-state index is 0.190. The van der Waals surface area contributed by atoms with Crippen LogP contribution >= 0.6 is 0 Å². The van der Waals surface area contributed by atoms with Crippen molar-refractivity contribution >= 4 is 5.69 Å². The fraction of sp³-hybridized carbons (Fsp3) is 0.545. The molecule has 14 heavy (non-hydrogen) atoms. The van der Waals surface area contributed by atoms with E-state index in [1.165, 1.54) is 0 Å². The van der Waals surface area contributed by atoms with Crippen LogP contribution in [0.3, 0.4) is 0 Å². The number of nitrogens with one attached hydrogen (secondary N) is 1. The van der Waals surface area contributed by atoms with E-state index in [1.807, 2.05) is 26.2 Å². The van der Waals surface area contributed by atoms with Crippen molar-refractivity contribution in [2.24, 2.45) is 0 Å². The number of hydrogen-bond donors (Lipinski definition) is 1. The lowest BCUT2D eigenvalue weighted by atomic mass is 10.2. The Balaban J connectivity index is 2.60. The van der Waals surface area contributed by atoms with Gasteiger partial charge in [-0.15, -0.1) is 0 Å². The maximum absolute atomic E-state index is 5.23. The highest BCUT2D eigenvalue weighted by molar-refractivity contribution is 5.43. The summed E-state index contributed by atoms with van der Waals surface area (Å²) in [7, 11) is 1.72. The van der Waals surface area contributed by atoms with Crippen LogP contribution in [0.25, 0.3) is 0 Å². The standard InChI is InChI=1S/C11H18N2O/c1-8-5-11(7-12-6-8)13-9(2)10(3)14-4/h5-7,9-10,13H,1-4H3. The summed E-state index contributed by atoms with van der Waals surface area (Å²) in [4.78, 5) is 4.12. The van der Waals surface area contributed by atoms with E-state index in [4.69, 9.17) is 4.74 Å². The Morgan fingerprint density at radius 1 is 1.36 bits per heavy atom. The zero-order valence-electron chi connectivity index (χ0n) is 9.24. The second kappa shape index (κ2) is 4.96. The molecule has 3 nitrogen and oxygen atoms in total. The summed E-state index contributed by atoms with van der Waals surface area (Å²) >= 11 is 0. The molecule has 1 aromatic rings. The summed E-state index contributed by atoms with van der Waals surface area (Å²) in [6, 6.07) is 2.36. The fourth-order valence-electron chi connectivity index (χ4n) is 1.22. The van der Waals surface area contributed by atoms with Crippen molar-refractivity contribution in [1.82, 2.24) is 4.98 Å². The van der Waals surface area contributed by atoms with Crippen LogP contribution in [0.1, 0.15) is 19.4 Å². The molecular weight excluding hydrogens is 176 g/mol. The molecule has 0 spiro atoms. The van der Waals surface area contributed by atoms with Crippen molar-refractivity contribution in [3.8, 4) is 0 Å². The van der Waals surface area contributed by atoms with E-state index in [2.05, 4.69) is 23.3 Å².